The first-order chi connectivity index (χ1) is 14.4. The van der Waals surface area contributed by atoms with Gasteiger partial charge in [-0.3, -0.25) is 4.79 Å². The molecule has 1 fully saturated rings. The molecule has 1 aliphatic heterocycles. The van der Waals surface area contributed by atoms with E-state index in [1.165, 1.54) is 15.9 Å². The molecule has 0 bridgehead atoms. The number of amides is 1. The number of nitrogens with zero attached hydrogens (tertiary/aromatic N) is 2. The van der Waals surface area contributed by atoms with Gasteiger partial charge in [-0.15, -0.1) is 0 Å². The molecule has 7 heteroatoms. The molecule has 1 saturated heterocycles. The van der Waals surface area contributed by atoms with Gasteiger partial charge in [0.15, 0.2) is 0 Å². The lowest BCUT2D eigenvalue weighted by molar-refractivity contribution is 0.0946. The summed E-state index contributed by atoms with van der Waals surface area (Å²) in [5.74, 6) is 0.0885. The Hall–Kier alpha value is -2.22. The first-order valence-corrected chi connectivity index (χ1v) is 11.9. The smallest absolute Gasteiger partial charge is 0.251 e. The first kappa shape index (κ1) is 22.5. The number of nitrogens with one attached hydrogen (secondary N) is 1. The van der Waals surface area contributed by atoms with E-state index in [4.69, 9.17) is 0 Å². The Kier molecular flexibility index (Phi) is 7.64. The Morgan fingerprint density at radius 3 is 2.40 bits per heavy atom. The number of piperazine rings is 1. The summed E-state index contributed by atoms with van der Waals surface area (Å²) in [4.78, 5) is 15.0. The van der Waals surface area contributed by atoms with Crippen molar-refractivity contribution in [2.24, 2.45) is 5.92 Å². The zero-order valence-electron chi connectivity index (χ0n) is 17.8. The van der Waals surface area contributed by atoms with Gasteiger partial charge in [0.05, 0.1) is 4.90 Å². The Labute approximate surface area is 179 Å². The van der Waals surface area contributed by atoms with Crippen molar-refractivity contribution in [3.63, 3.8) is 0 Å². The number of carbonyl (C=O) groups excluding carboxylic acids is 1. The van der Waals surface area contributed by atoms with Gasteiger partial charge >= 0.3 is 0 Å². The normalized spacial score (nSPS) is 16.9. The molecule has 0 radical (unpaired) electrons. The number of hydrogen-bond acceptors (Lipinski definition) is 4. The summed E-state index contributed by atoms with van der Waals surface area (Å²) in [6, 6.07) is 16.6. The Bertz CT molecular complexity index is 939. The maximum Gasteiger partial charge on any atom is 0.251 e. The van der Waals surface area contributed by atoms with E-state index in [9.17, 15) is 13.2 Å². The molecule has 0 aliphatic carbocycles. The van der Waals surface area contributed by atoms with Crippen LogP contribution in [0.5, 0.6) is 0 Å². The predicted molar refractivity (Wildman–Crippen MR) is 119 cm³/mol. The molecule has 1 aliphatic rings. The minimum absolute atomic E-state index is 0.177. The van der Waals surface area contributed by atoms with Crippen molar-refractivity contribution in [3.8, 4) is 0 Å². The SMILES string of the molecule is CC[C@@H](CNC(=O)c1cccc(S(=O)(=O)N2CCN(C)CC2)c1)Cc1ccccc1. The Morgan fingerprint density at radius 2 is 1.73 bits per heavy atom. The fourth-order valence-corrected chi connectivity index (χ4v) is 5.09. The first-order valence-electron chi connectivity index (χ1n) is 10.5. The van der Waals surface area contributed by atoms with Crippen LogP contribution in [0, 0.1) is 5.92 Å². The van der Waals surface area contributed by atoms with E-state index in [1.54, 1.807) is 18.2 Å². The lowest BCUT2D eigenvalue weighted by Crippen LogP contribution is -2.47. The average molecular weight is 430 g/mol. The van der Waals surface area contributed by atoms with Gasteiger partial charge in [-0.05, 0) is 43.1 Å². The van der Waals surface area contributed by atoms with E-state index in [0.717, 1.165) is 12.8 Å². The molecular formula is C23H31N3O3S. The van der Waals surface area contributed by atoms with E-state index in [0.29, 0.717) is 44.2 Å². The second kappa shape index (κ2) is 10.2. The number of likely N-dealkylation sites (N-methyl/N-ethyl adjacent to an activating group) is 1. The highest BCUT2D eigenvalue weighted by Crippen LogP contribution is 2.19. The van der Waals surface area contributed by atoms with Crippen molar-refractivity contribution >= 4 is 15.9 Å². The van der Waals surface area contributed by atoms with Crippen molar-refractivity contribution in [3.05, 3.63) is 65.7 Å². The monoisotopic (exact) mass is 429 g/mol. The molecule has 3 rings (SSSR count). The van der Waals surface area contributed by atoms with Gasteiger partial charge < -0.3 is 10.2 Å². The topological polar surface area (TPSA) is 69.7 Å². The molecule has 0 unspecified atom stereocenters. The highest BCUT2D eigenvalue weighted by Gasteiger charge is 2.28. The predicted octanol–water partition coefficient (Wildman–Crippen LogP) is 2.62. The van der Waals surface area contributed by atoms with Gasteiger partial charge in [-0.1, -0.05) is 49.7 Å². The highest BCUT2D eigenvalue weighted by molar-refractivity contribution is 7.89. The van der Waals surface area contributed by atoms with Crippen molar-refractivity contribution < 1.29 is 13.2 Å². The van der Waals surface area contributed by atoms with Crippen LogP contribution in [-0.2, 0) is 16.4 Å². The van der Waals surface area contributed by atoms with E-state index in [1.807, 2.05) is 25.2 Å². The number of hydrogen-bond donors (Lipinski definition) is 1. The largest absolute Gasteiger partial charge is 0.352 e. The summed E-state index contributed by atoms with van der Waals surface area (Å²) in [6.45, 7) is 5.01. The lowest BCUT2D eigenvalue weighted by Gasteiger charge is -2.31. The lowest BCUT2D eigenvalue weighted by atomic mass is 9.97. The van der Waals surface area contributed by atoms with Gasteiger partial charge in [0.2, 0.25) is 10.0 Å². The van der Waals surface area contributed by atoms with Crippen LogP contribution in [0.3, 0.4) is 0 Å². The maximum absolute atomic E-state index is 13.0. The zero-order chi connectivity index (χ0) is 21.6. The summed E-state index contributed by atoms with van der Waals surface area (Å²) in [5, 5.41) is 2.98. The van der Waals surface area contributed by atoms with Crippen LogP contribution in [0.4, 0.5) is 0 Å². The molecule has 6 nitrogen and oxygen atoms in total. The Morgan fingerprint density at radius 1 is 1.03 bits per heavy atom. The number of sulfonamides is 1. The summed E-state index contributed by atoms with van der Waals surface area (Å²) >= 11 is 0. The fraction of sp³-hybridized carbons (Fsp3) is 0.435. The van der Waals surface area contributed by atoms with Gasteiger partial charge in [0, 0.05) is 38.3 Å². The van der Waals surface area contributed by atoms with E-state index in [2.05, 4.69) is 29.3 Å². The number of carbonyl (C=O) groups is 1. The van der Waals surface area contributed by atoms with Gasteiger partial charge in [-0.25, -0.2) is 8.42 Å². The average Bonchev–Trinajstić information content (AvgIpc) is 2.77. The third kappa shape index (κ3) is 5.68. The van der Waals surface area contributed by atoms with Crippen LogP contribution in [0.25, 0.3) is 0 Å². The van der Waals surface area contributed by atoms with Crippen LogP contribution in [-0.4, -0.2) is 63.3 Å². The molecule has 0 aromatic heterocycles. The molecule has 1 N–H and O–H groups in total. The van der Waals surface area contributed by atoms with E-state index in [-0.39, 0.29) is 10.8 Å². The summed E-state index contributed by atoms with van der Waals surface area (Å²) in [5.41, 5.74) is 1.62. The maximum atomic E-state index is 13.0. The minimum Gasteiger partial charge on any atom is -0.352 e. The Balaban J connectivity index is 1.64. The molecule has 2 aromatic rings. The summed E-state index contributed by atoms with van der Waals surface area (Å²) in [6.07, 6.45) is 1.85. The van der Waals surface area contributed by atoms with Crippen LogP contribution < -0.4 is 5.32 Å². The van der Waals surface area contributed by atoms with Crippen molar-refractivity contribution in [1.82, 2.24) is 14.5 Å². The molecule has 162 valence electrons. The third-order valence-corrected chi connectivity index (χ3v) is 7.59. The third-order valence-electron chi connectivity index (χ3n) is 5.69. The standard InChI is InChI=1S/C23H31N3O3S/c1-3-19(16-20-8-5-4-6-9-20)18-24-23(27)21-10-7-11-22(17-21)30(28,29)26-14-12-25(2)13-15-26/h4-11,17,19H,3,12-16,18H2,1-2H3,(H,24,27)/t19-/m1/s1. The molecule has 1 amide bonds. The molecule has 1 atom stereocenters. The highest BCUT2D eigenvalue weighted by atomic mass is 32.2. The molecule has 0 saturated carbocycles. The van der Waals surface area contributed by atoms with E-state index < -0.39 is 10.0 Å². The summed E-state index contributed by atoms with van der Waals surface area (Å²) < 4.78 is 27.4. The van der Waals surface area contributed by atoms with E-state index >= 15 is 0 Å². The van der Waals surface area contributed by atoms with Gasteiger partial charge in [-0.2, -0.15) is 4.31 Å². The van der Waals surface area contributed by atoms with Gasteiger partial charge in [0.25, 0.3) is 5.91 Å². The second-order valence-electron chi connectivity index (χ2n) is 7.91. The van der Waals surface area contributed by atoms with Crippen molar-refractivity contribution in [2.45, 2.75) is 24.7 Å². The molecule has 1 heterocycles. The second-order valence-corrected chi connectivity index (χ2v) is 9.85. The molecule has 0 spiro atoms. The van der Waals surface area contributed by atoms with Crippen molar-refractivity contribution in [1.29, 1.82) is 0 Å². The van der Waals surface area contributed by atoms with Crippen LogP contribution in [0.2, 0.25) is 0 Å². The molecule has 30 heavy (non-hydrogen) atoms. The summed E-state index contributed by atoms with van der Waals surface area (Å²) in [7, 11) is -1.61. The fourth-order valence-electron chi connectivity index (χ4n) is 3.62. The van der Waals surface area contributed by atoms with Crippen LogP contribution in [0.1, 0.15) is 29.3 Å². The van der Waals surface area contributed by atoms with Crippen LogP contribution in [0.15, 0.2) is 59.5 Å². The quantitative estimate of drug-likeness (QED) is 0.700. The van der Waals surface area contributed by atoms with Gasteiger partial charge in [0.1, 0.15) is 0 Å². The minimum atomic E-state index is -3.59. The van der Waals surface area contributed by atoms with Crippen molar-refractivity contribution in [2.75, 3.05) is 39.8 Å². The number of rotatable bonds is 8. The number of benzene rings is 2. The zero-order valence-corrected chi connectivity index (χ0v) is 18.6. The van der Waals surface area contributed by atoms with Crippen LogP contribution >= 0.6 is 0 Å². The molecule has 2 aromatic carbocycles. The molecular weight excluding hydrogens is 398 g/mol.